The third-order valence-electron chi connectivity index (χ3n) is 5.82. The molecule has 2 aliphatic rings. The van der Waals surface area contributed by atoms with Gasteiger partial charge in [-0.1, -0.05) is 38.5 Å². The number of aliphatic imine (C=N–C) groups is 1. The number of nitrogens with zero attached hydrogens (tertiary/aromatic N) is 3. The normalized spacial score (nSPS) is 20.7. The minimum atomic E-state index is 0.0100. The predicted octanol–water partition coefficient (Wildman–Crippen LogP) is 5.74. The Kier molecular flexibility index (Phi) is 6.90. The number of piperidine rings is 1. The summed E-state index contributed by atoms with van der Waals surface area (Å²) >= 11 is 1.88. The van der Waals surface area contributed by atoms with E-state index in [1.165, 1.54) is 30.6 Å². The van der Waals surface area contributed by atoms with E-state index in [4.69, 9.17) is 4.99 Å². The van der Waals surface area contributed by atoms with Crippen LogP contribution in [0.3, 0.4) is 0 Å². The molecule has 0 spiro atoms. The zero-order valence-corrected chi connectivity index (χ0v) is 18.8. The maximum atomic E-state index is 13.3. The van der Waals surface area contributed by atoms with Gasteiger partial charge in [0.2, 0.25) is 0 Å². The summed E-state index contributed by atoms with van der Waals surface area (Å²) in [5, 5.41) is 0. The third-order valence-corrected chi connectivity index (χ3v) is 6.92. The molecule has 1 atom stereocenters. The molecule has 0 bridgehead atoms. The molecule has 0 aliphatic carbocycles. The Hall–Kier alpha value is -2.11. The van der Waals surface area contributed by atoms with Crippen LogP contribution in [0.25, 0.3) is 0 Å². The largest absolute Gasteiger partial charge is 0.293 e. The minimum absolute atomic E-state index is 0.0100. The molecule has 4 nitrogen and oxygen atoms in total. The van der Waals surface area contributed by atoms with Crippen molar-refractivity contribution in [2.45, 2.75) is 44.4 Å². The summed E-state index contributed by atoms with van der Waals surface area (Å²) in [4.78, 5) is 23.7. The van der Waals surface area contributed by atoms with E-state index in [1.807, 2.05) is 53.1 Å². The van der Waals surface area contributed by atoms with Crippen LogP contribution in [0.4, 0.5) is 11.4 Å². The minimum Gasteiger partial charge on any atom is -0.293 e. The number of fused-ring (bicyclic) bond motifs is 1. The van der Waals surface area contributed by atoms with Crippen LogP contribution in [-0.2, 0) is 4.79 Å². The maximum absolute atomic E-state index is 13.3. The Morgan fingerprint density at radius 3 is 2.70 bits per heavy atom. The Balaban J connectivity index is 1.54. The third kappa shape index (κ3) is 4.79. The molecule has 0 saturated carbocycles. The molecule has 158 valence electrons. The molecule has 2 aromatic rings. The number of likely N-dealkylation sites (tertiary alicyclic amines) is 1. The lowest BCUT2D eigenvalue weighted by Crippen LogP contribution is -2.45. The Bertz CT molecular complexity index is 909. The van der Waals surface area contributed by atoms with Gasteiger partial charge < -0.3 is 0 Å². The number of thioether (sulfide) groups is 1. The van der Waals surface area contributed by atoms with E-state index in [0.717, 1.165) is 35.8 Å². The fourth-order valence-electron chi connectivity index (χ4n) is 4.21. The summed E-state index contributed by atoms with van der Waals surface area (Å²) in [5.74, 6) is 1.84. The standard InChI is InChI=1S/C25H31N3OS/c1-3-4-16-30-21-13-11-20(12-14-21)26-24-22-9-5-6-10-23(22)28(25(24)29)18-27-15-7-8-19(2)17-27/h5-6,9-14,19H,3-4,7-8,15-18H2,1-2H3. The number of amides is 1. The smallest absolute Gasteiger partial charge is 0.278 e. The molecular weight excluding hydrogens is 390 g/mol. The maximum Gasteiger partial charge on any atom is 0.278 e. The van der Waals surface area contributed by atoms with E-state index in [9.17, 15) is 4.79 Å². The second kappa shape index (κ2) is 9.80. The molecule has 1 unspecified atom stereocenters. The van der Waals surface area contributed by atoms with Gasteiger partial charge in [-0.2, -0.15) is 0 Å². The summed E-state index contributed by atoms with van der Waals surface area (Å²) in [6, 6.07) is 16.3. The first-order valence-electron chi connectivity index (χ1n) is 11.1. The molecule has 2 aromatic carbocycles. The second-order valence-electron chi connectivity index (χ2n) is 8.37. The predicted molar refractivity (Wildman–Crippen MR) is 127 cm³/mol. The van der Waals surface area contributed by atoms with Crippen LogP contribution in [0, 0.1) is 5.92 Å². The van der Waals surface area contributed by atoms with Gasteiger partial charge in [0, 0.05) is 17.0 Å². The number of hydrogen-bond donors (Lipinski definition) is 0. The fourth-order valence-corrected chi connectivity index (χ4v) is 5.20. The molecule has 5 heteroatoms. The van der Waals surface area contributed by atoms with Crippen LogP contribution >= 0.6 is 11.8 Å². The van der Waals surface area contributed by atoms with Crippen molar-refractivity contribution in [1.82, 2.24) is 4.90 Å². The number of rotatable bonds is 7. The number of anilines is 1. The molecular formula is C25H31N3OS. The summed E-state index contributed by atoms with van der Waals surface area (Å²) < 4.78 is 0. The highest BCUT2D eigenvalue weighted by molar-refractivity contribution is 7.99. The summed E-state index contributed by atoms with van der Waals surface area (Å²) in [6.07, 6.45) is 4.92. The van der Waals surface area contributed by atoms with Gasteiger partial charge in [0.25, 0.3) is 5.91 Å². The molecule has 4 rings (SSSR count). The van der Waals surface area contributed by atoms with Crippen LogP contribution in [0.5, 0.6) is 0 Å². The number of carbonyl (C=O) groups excluding carboxylic acids is 1. The Morgan fingerprint density at radius 1 is 1.13 bits per heavy atom. The number of benzene rings is 2. The van der Waals surface area contributed by atoms with Crippen LogP contribution in [0.2, 0.25) is 0 Å². The van der Waals surface area contributed by atoms with E-state index < -0.39 is 0 Å². The van der Waals surface area contributed by atoms with E-state index in [0.29, 0.717) is 18.3 Å². The first kappa shape index (κ1) is 21.1. The first-order valence-corrected chi connectivity index (χ1v) is 12.1. The van der Waals surface area contributed by atoms with Crippen molar-refractivity contribution in [3.05, 3.63) is 54.1 Å². The molecule has 1 amide bonds. The van der Waals surface area contributed by atoms with Gasteiger partial charge in [-0.25, -0.2) is 4.99 Å². The van der Waals surface area contributed by atoms with Gasteiger partial charge in [-0.15, -0.1) is 11.8 Å². The lowest BCUT2D eigenvalue weighted by Gasteiger charge is -2.33. The van der Waals surface area contributed by atoms with Crippen LogP contribution < -0.4 is 4.90 Å². The van der Waals surface area contributed by atoms with Crippen molar-refractivity contribution < 1.29 is 4.79 Å². The zero-order chi connectivity index (χ0) is 20.9. The van der Waals surface area contributed by atoms with Crippen molar-refractivity contribution >= 4 is 34.8 Å². The number of carbonyl (C=O) groups is 1. The van der Waals surface area contributed by atoms with Gasteiger partial charge in [-0.3, -0.25) is 14.6 Å². The highest BCUT2D eigenvalue weighted by Crippen LogP contribution is 2.32. The van der Waals surface area contributed by atoms with Crippen LogP contribution in [-0.4, -0.2) is 42.0 Å². The van der Waals surface area contributed by atoms with Crippen LogP contribution in [0.1, 0.15) is 45.1 Å². The molecule has 0 radical (unpaired) electrons. The van der Waals surface area contributed by atoms with Gasteiger partial charge >= 0.3 is 0 Å². The SMILES string of the molecule is CCCCSc1ccc(N=C2C(=O)N(CN3CCCC(C)C3)c3ccccc32)cc1. The van der Waals surface area contributed by atoms with Crippen molar-refractivity contribution in [2.75, 3.05) is 30.4 Å². The monoisotopic (exact) mass is 421 g/mol. The summed E-state index contributed by atoms with van der Waals surface area (Å²) in [5.41, 5.74) is 3.31. The lowest BCUT2D eigenvalue weighted by atomic mass is 10.0. The highest BCUT2D eigenvalue weighted by Gasteiger charge is 2.35. The van der Waals surface area contributed by atoms with Crippen molar-refractivity contribution in [2.24, 2.45) is 10.9 Å². The van der Waals surface area contributed by atoms with Gasteiger partial charge in [0.1, 0.15) is 5.71 Å². The molecule has 2 aliphatic heterocycles. The van der Waals surface area contributed by atoms with Crippen LogP contribution in [0.15, 0.2) is 58.4 Å². The molecule has 1 fully saturated rings. The Morgan fingerprint density at radius 2 is 1.93 bits per heavy atom. The van der Waals surface area contributed by atoms with E-state index in [1.54, 1.807) is 0 Å². The average Bonchev–Trinajstić information content (AvgIpc) is 3.01. The molecule has 1 saturated heterocycles. The number of unbranched alkanes of at least 4 members (excludes halogenated alkanes) is 1. The zero-order valence-electron chi connectivity index (χ0n) is 18.0. The van der Waals surface area contributed by atoms with Crippen molar-refractivity contribution in [3.63, 3.8) is 0 Å². The number of para-hydroxylation sites is 1. The fraction of sp³-hybridized carbons (Fsp3) is 0.440. The molecule has 30 heavy (non-hydrogen) atoms. The lowest BCUT2D eigenvalue weighted by molar-refractivity contribution is -0.112. The Labute approximate surface area is 184 Å². The van der Waals surface area contributed by atoms with E-state index in [-0.39, 0.29) is 5.91 Å². The quantitative estimate of drug-likeness (QED) is 0.423. The summed E-state index contributed by atoms with van der Waals surface area (Å²) in [6.45, 7) is 7.26. The van der Waals surface area contributed by atoms with E-state index >= 15 is 0 Å². The van der Waals surface area contributed by atoms with Gasteiger partial charge in [0.05, 0.1) is 18.0 Å². The first-order chi connectivity index (χ1) is 14.7. The second-order valence-corrected chi connectivity index (χ2v) is 9.54. The van der Waals surface area contributed by atoms with Crippen molar-refractivity contribution in [3.8, 4) is 0 Å². The topological polar surface area (TPSA) is 35.9 Å². The van der Waals surface area contributed by atoms with Gasteiger partial charge in [-0.05, 0) is 67.8 Å². The molecule has 2 heterocycles. The summed E-state index contributed by atoms with van der Waals surface area (Å²) in [7, 11) is 0. The molecule has 0 aromatic heterocycles. The van der Waals surface area contributed by atoms with E-state index in [2.05, 4.69) is 30.9 Å². The highest BCUT2D eigenvalue weighted by atomic mass is 32.2. The average molecular weight is 422 g/mol. The molecule has 0 N–H and O–H groups in total. The number of hydrogen-bond acceptors (Lipinski definition) is 4. The van der Waals surface area contributed by atoms with Gasteiger partial charge in [0.15, 0.2) is 0 Å². The van der Waals surface area contributed by atoms with Crippen molar-refractivity contribution in [1.29, 1.82) is 0 Å².